The lowest BCUT2D eigenvalue weighted by molar-refractivity contribution is 0.0946. The Labute approximate surface area is 107 Å². The van der Waals surface area contributed by atoms with E-state index in [1.165, 1.54) is 0 Å². The molecule has 2 aromatic rings. The molecule has 0 aliphatic rings. The molecule has 1 amide bonds. The summed E-state index contributed by atoms with van der Waals surface area (Å²) in [6.45, 7) is 6.70. The lowest BCUT2D eigenvalue weighted by Gasteiger charge is -2.05. The van der Waals surface area contributed by atoms with Gasteiger partial charge >= 0.3 is 0 Å². The summed E-state index contributed by atoms with van der Waals surface area (Å²) < 4.78 is 1.87. The van der Waals surface area contributed by atoms with Crippen molar-refractivity contribution in [2.45, 2.75) is 33.6 Å². The molecule has 0 aliphatic carbocycles. The zero-order valence-corrected chi connectivity index (χ0v) is 11.2. The van der Waals surface area contributed by atoms with Gasteiger partial charge in [-0.15, -0.1) is 0 Å². The van der Waals surface area contributed by atoms with E-state index in [4.69, 9.17) is 0 Å². The second kappa shape index (κ2) is 5.21. The Kier molecular flexibility index (Phi) is 3.65. The number of hydrogen-bond acceptors (Lipinski definition) is 2. The van der Waals surface area contributed by atoms with Gasteiger partial charge in [0.05, 0.1) is 5.69 Å². The smallest absolute Gasteiger partial charge is 0.270 e. The van der Waals surface area contributed by atoms with E-state index in [-0.39, 0.29) is 5.91 Å². The molecule has 0 radical (unpaired) electrons. The number of pyridine rings is 1. The number of imidazole rings is 1. The maximum Gasteiger partial charge on any atom is 0.270 e. The summed E-state index contributed by atoms with van der Waals surface area (Å²) in [6, 6.07) is 3.94. The van der Waals surface area contributed by atoms with E-state index in [1.54, 1.807) is 0 Å². The lowest BCUT2D eigenvalue weighted by Crippen LogP contribution is -2.26. The van der Waals surface area contributed by atoms with Crippen LogP contribution in [0.1, 0.15) is 41.5 Å². The van der Waals surface area contributed by atoms with Gasteiger partial charge in [0.15, 0.2) is 0 Å². The van der Waals surface area contributed by atoms with Gasteiger partial charge in [0, 0.05) is 12.7 Å². The molecule has 0 aromatic carbocycles. The Morgan fingerprint density at radius 2 is 2.17 bits per heavy atom. The second-order valence-corrected chi connectivity index (χ2v) is 4.59. The fourth-order valence-electron chi connectivity index (χ4n) is 2.00. The Morgan fingerprint density at radius 3 is 2.89 bits per heavy atom. The molecule has 0 fully saturated rings. The molecule has 0 saturated carbocycles. The summed E-state index contributed by atoms with van der Waals surface area (Å²) in [5, 5.41) is 2.94. The first-order valence-electron chi connectivity index (χ1n) is 6.37. The van der Waals surface area contributed by atoms with Crippen LogP contribution in [0.15, 0.2) is 18.3 Å². The number of carbonyl (C=O) groups is 1. The fraction of sp³-hybridized carbons (Fsp3) is 0.429. The average molecular weight is 245 g/mol. The highest BCUT2D eigenvalue weighted by atomic mass is 16.1. The molecular weight excluding hydrogens is 226 g/mol. The molecule has 18 heavy (non-hydrogen) atoms. The lowest BCUT2D eigenvalue weighted by atomic mass is 10.3. The Bertz CT molecular complexity index is 572. The minimum Gasteiger partial charge on any atom is -0.351 e. The van der Waals surface area contributed by atoms with Gasteiger partial charge in [0.25, 0.3) is 5.91 Å². The molecule has 0 aliphatic heterocycles. The van der Waals surface area contributed by atoms with Crippen molar-refractivity contribution in [2.24, 2.45) is 0 Å². The van der Waals surface area contributed by atoms with Crippen LogP contribution in [0.2, 0.25) is 0 Å². The number of nitrogens with zero attached hydrogens (tertiary/aromatic N) is 2. The number of aromatic nitrogens is 2. The van der Waals surface area contributed by atoms with Crippen molar-refractivity contribution in [3.8, 4) is 0 Å². The van der Waals surface area contributed by atoms with Crippen LogP contribution < -0.4 is 5.32 Å². The van der Waals surface area contributed by atoms with E-state index in [0.717, 1.165) is 29.7 Å². The van der Waals surface area contributed by atoms with Crippen LogP contribution >= 0.6 is 0 Å². The second-order valence-electron chi connectivity index (χ2n) is 4.59. The van der Waals surface area contributed by atoms with Gasteiger partial charge in [-0.2, -0.15) is 0 Å². The minimum atomic E-state index is -0.0425. The van der Waals surface area contributed by atoms with E-state index in [9.17, 15) is 4.79 Å². The summed E-state index contributed by atoms with van der Waals surface area (Å²) in [5.74, 6) is -0.0425. The molecule has 2 rings (SSSR count). The van der Waals surface area contributed by atoms with Crippen LogP contribution in [-0.4, -0.2) is 21.8 Å². The molecule has 0 spiro atoms. The number of unbranched alkanes of at least 4 members (excludes halogenated alkanes) is 1. The molecule has 2 aromatic heterocycles. The van der Waals surface area contributed by atoms with Crippen LogP contribution in [0.25, 0.3) is 5.65 Å². The largest absolute Gasteiger partial charge is 0.351 e. The SMILES string of the molecule is CCCCNC(=O)c1c(C)nc2ccc(C)cn12. The molecule has 96 valence electrons. The molecule has 1 N–H and O–H groups in total. The van der Waals surface area contributed by atoms with Crippen molar-refractivity contribution >= 4 is 11.6 Å². The summed E-state index contributed by atoms with van der Waals surface area (Å²) in [4.78, 5) is 16.6. The van der Waals surface area contributed by atoms with E-state index < -0.39 is 0 Å². The number of hydrogen-bond donors (Lipinski definition) is 1. The molecule has 2 heterocycles. The average Bonchev–Trinajstić information content (AvgIpc) is 2.64. The van der Waals surface area contributed by atoms with E-state index in [2.05, 4.69) is 17.2 Å². The Morgan fingerprint density at radius 1 is 1.39 bits per heavy atom. The van der Waals surface area contributed by atoms with E-state index in [0.29, 0.717) is 12.2 Å². The van der Waals surface area contributed by atoms with Gasteiger partial charge in [-0.05, 0) is 31.9 Å². The predicted molar refractivity (Wildman–Crippen MR) is 71.9 cm³/mol. The molecule has 4 nitrogen and oxygen atoms in total. The molecule has 0 unspecified atom stereocenters. The van der Waals surface area contributed by atoms with Crippen molar-refractivity contribution < 1.29 is 4.79 Å². The number of carbonyl (C=O) groups excluding carboxylic acids is 1. The molecule has 4 heteroatoms. The first kappa shape index (κ1) is 12.6. The Balaban J connectivity index is 2.34. The van der Waals surface area contributed by atoms with E-state index >= 15 is 0 Å². The molecule has 0 saturated heterocycles. The van der Waals surface area contributed by atoms with Crippen molar-refractivity contribution in [1.29, 1.82) is 0 Å². The number of aryl methyl sites for hydroxylation is 2. The normalized spacial score (nSPS) is 10.8. The topological polar surface area (TPSA) is 46.4 Å². The highest BCUT2D eigenvalue weighted by molar-refractivity contribution is 5.94. The van der Waals surface area contributed by atoms with Crippen molar-refractivity contribution in [2.75, 3.05) is 6.54 Å². The highest BCUT2D eigenvalue weighted by Gasteiger charge is 2.15. The molecular formula is C14H19N3O. The molecule has 0 bridgehead atoms. The summed E-state index contributed by atoms with van der Waals surface area (Å²) in [7, 11) is 0. The van der Waals surface area contributed by atoms with Gasteiger partial charge < -0.3 is 5.32 Å². The van der Waals surface area contributed by atoms with Crippen LogP contribution in [0.5, 0.6) is 0 Å². The number of amides is 1. The van der Waals surface area contributed by atoms with Crippen molar-refractivity contribution in [3.05, 3.63) is 35.3 Å². The summed E-state index contributed by atoms with van der Waals surface area (Å²) in [5.41, 5.74) is 3.35. The first-order valence-corrected chi connectivity index (χ1v) is 6.37. The van der Waals surface area contributed by atoms with Gasteiger partial charge in [-0.1, -0.05) is 19.4 Å². The standard InChI is InChI=1S/C14H19N3O/c1-4-5-8-15-14(18)13-11(3)16-12-7-6-10(2)9-17(12)13/h6-7,9H,4-5,8H2,1-3H3,(H,15,18). The van der Waals surface area contributed by atoms with Crippen LogP contribution in [0.4, 0.5) is 0 Å². The summed E-state index contributed by atoms with van der Waals surface area (Å²) >= 11 is 0. The molecule has 0 atom stereocenters. The number of rotatable bonds is 4. The van der Waals surface area contributed by atoms with Crippen LogP contribution in [-0.2, 0) is 0 Å². The van der Waals surface area contributed by atoms with Gasteiger partial charge in [-0.25, -0.2) is 4.98 Å². The van der Waals surface area contributed by atoms with Crippen molar-refractivity contribution in [3.63, 3.8) is 0 Å². The van der Waals surface area contributed by atoms with Crippen LogP contribution in [0.3, 0.4) is 0 Å². The maximum atomic E-state index is 12.2. The highest BCUT2D eigenvalue weighted by Crippen LogP contribution is 2.13. The summed E-state index contributed by atoms with van der Waals surface area (Å²) in [6.07, 6.45) is 4.02. The zero-order chi connectivity index (χ0) is 13.1. The minimum absolute atomic E-state index is 0.0425. The first-order chi connectivity index (χ1) is 8.63. The number of nitrogens with one attached hydrogen (secondary N) is 1. The van der Waals surface area contributed by atoms with Gasteiger partial charge in [0.1, 0.15) is 11.3 Å². The van der Waals surface area contributed by atoms with Crippen molar-refractivity contribution in [1.82, 2.24) is 14.7 Å². The third kappa shape index (κ3) is 2.37. The quantitative estimate of drug-likeness (QED) is 0.841. The monoisotopic (exact) mass is 245 g/mol. The third-order valence-electron chi connectivity index (χ3n) is 2.97. The van der Waals surface area contributed by atoms with E-state index in [1.807, 2.05) is 36.6 Å². The van der Waals surface area contributed by atoms with Gasteiger partial charge in [-0.3, -0.25) is 9.20 Å². The van der Waals surface area contributed by atoms with Gasteiger partial charge in [0.2, 0.25) is 0 Å². The predicted octanol–water partition coefficient (Wildman–Crippen LogP) is 2.48. The number of fused-ring (bicyclic) bond motifs is 1. The third-order valence-corrected chi connectivity index (χ3v) is 2.97. The van der Waals surface area contributed by atoms with Crippen LogP contribution in [0, 0.1) is 13.8 Å². The Hall–Kier alpha value is -1.84. The maximum absolute atomic E-state index is 12.2. The zero-order valence-electron chi connectivity index (χ0n) is 11.2. The fourth-order valence-corrected chi connectivity index (χ4v) is 2.00.